The first kappa shape index (κ1) is 30.1. The number of unbranched alkanes of at least 4 members (excludes halogenated alkanes) is 2. The number of esters is 2. The molecule has 218 valence electrons. The van der Waals surface area contributed by atoms with Gasteiger partial charge in [-0.3, -0.25) is 4.79 Å². The number of hydrogen-bond acceptors (Lipinski definition) is 7. The van der Waals surface area contributed by atoms with Crippen LogP contribution in [0.3, 0.4) is 0 Å². The number of cyclic esters (lactones) is 1. The molecular weight excluding hydrogens is 520 g/mol. The fourth-order valence-electron chi connectivity index (χ4n) is 6.02. The van der Waals surface area contributed by atoms with Crippen molar-refractivity contribution >= 4 is 17.7 Å². The molecule has 1 aliphatic carbocycles. The Hall–Kier alpha value is -3.87. The first-order chi connectivity index (χ1) is 19.5. The van der Waals surface area contributed by atoms with Crippen LogP contribution in [0.15, 0.2) is 54.1 Å². The third kappa shape index (κ3) is 6.09. The second-order valence-corrected chi connectivity index (χ2v) is 11.4. The van der Waals surface area contributed by atoms with Gasteiger partial charge in [0.05, 0.1) is 19.1 Å². The number of aryl methyl sites for hydroxylation is 1. The zero-order valence-electron chi connectivity index (χ0n) is 24.7. The van der Waals surface area contributed by atoms with Gasteiger partial charge in [-0.1, -0.05) is 55.7 Å². The van der Waals surface area contributed by atoms with Gasteiger partial charge in [0, 0.05) is 17.0 Å². The standard InChI is InChI=1S/C34H40O7/c1-7-8-9-10-24-18-28(36)30(27-17-21(4)11-16-26(27)20(2)3)31-29(24)33(38)41-34(40-31,19-22(5)35)25-14-12-23(13-15-25)32(37)39-6/h12-15,17-18,26-27,36H,2,7-11,16,19H2,1,3-6H3. The van der Waals surface area contributed by atoms with Crippen LogP contribution in [-0.2, 0) is 26.5 Å². The van der Waals surface area contributed by atoms with E-state index < -0.39 is 17.7 Å². The molecule has 0 amide bonds. The maximum atomic E-state index is 14.0. The molecule has 0 saturated carbocycles. The molecule has 1 heterocycles. The highest BCUT2D eigenvalue weighted by molar-refractivity contribution is 5.97. The summed E-state index contributed by atoms with van der Waals surface area (Å²) in [6.45, 7) is 11.8. The van der Waals surface area contributed by atoms with Crippen molar-refractivity contribution < 1.29 is 33.7 Å². The summed E-state index contributed by atoms with van der Waals surface area (Å²) in [6.07, 6.45) is 7.01. The molecule has 2 aliphatic rings. The lowest BCUT2D eigenvalue weighted by Crippen LogP contribution is -2.44. The fraction of sp³-hybridized carbons (Fsp3) is 0.441. The first-order valence-electron chi connectivity index (χ1n) is 14.3. The highest BCUT2D eigenvalue weighted by atomic mass is 16.7. The average Bonchev–Trinajstić information content (AvgIpc) is 2.92. The summed E-state index contributed by atoms with van der Waals surface area (Å²) < 4.78 is 17.5. The Morgan fingerprint density at radius 2 is 1.85 bits per heavy atom. The zero-order valence-corrected chi connectivity index (χ0v) is 24.7. The van der Waals surface area contributed by atoms with E-state index in [1.807, 2.05) is 6.92 Å². The van der Waals surface area contributed by atoms with E-state index in [2.05, 4.69) is 26.5 Å². The van der Waals surface area contributed by atoms with Gasteiger partial charge >= 0.3 is 11.9 Å². The Morgan fingerprint density at radius 3 is 2.46 bits per heavy atom. The number of fused-ring (bicyclic) bond motifs is 1. The van der Waals surface area contributed by atoms with Gasteiger partial charge in [-0.15, -0.1) is 0 Å². The quantitative estimate of drug-likeness (QED) is 0.185. The SMILES string of the molecule is C=C(C)C1CCC(C)=CC1c1c(O)cc(CCCCC)c2c1OC(CC(C)=O)(c1ccc(C(=O)OC)cc1)OC2=O. The number of rotatable bonds is 10. The van der Waals surface area contributed by atoms with Crippen molar-refractivity contribution in [1.82, 2.24) is 0 Å². The van der Waals surface area contributed by atoms with E-state index in [1.165, 1.54) is 19.6 Å². The molecule has 2 aromatic carbocycles. The third-order valence-corrected chi connectivity index (χ3v) is 8.10. The molecule has 0 spiro atoms. The van der Waals surface area contributed by atoms with Crippen molar-refractivity contribution in [2.45, 2.75) is 84.3 Å². The smallest absolute Gasteiger partial charge is 0.345 e. The fourth-order valence-corrected chi connectivity index (χ4v) is 6.02. The lowest BCUT2D eigenvalue weighted by molar-refractivity contribution is -0.172. The summed E-state index contributed by atoms with van der Waals surface area (Å²) in [7, 11) is 1.29. The van der Waals surface area contributed by atoms with Crippen LogP contribution in [0.4, 0.5) is 0 Å². The van der Waals surface area contributed by atoms with Gasteiger partial charge < -0.3 is 19.3 Å². The van der Waals surface area contributed by atoms with Crippen LogP contribution in [0.5, 0.6) is 11.5 Å². The van der Waals surface area contributed by atoms with Gasteiger partial charge in [-0.05, 0) is 76.1 Å². The largest absolute Gasteiger partial charge is 0.507 e. The van der Waals surface area contributed by atoms with Gasteiger partial charge in [0.1, 0.15) is 22.8 Å². The Bertz CT molecular complexity index is 1380. The molecule has 3 atom stereocenters. The van der Waals surface area contributed by atoms with Crippen molar-refractivity contribution in [2.75, 3.05) is 7.11 Å². The lowest BCUT2D eigenvalue weighted by Gasteiger charge is -2.41. The highest BCUT2D eigenvalue weighted by Crippen LogP contribution is 2.52. The highest BCUT2D eigenvalue weighted by Gasteiger charge is 2.48. The van der Waals surface area contributed by atoms with Crippen molar-refractivity contribution in [3.05, 3.63) is 82.0 Å². The molecule has 7 nitrogen and oxygen atoms in total. The second-order valence-electron chi connectivity index (χ2n) is 11.4. The number of benzene rings is 2. The van der Waals surface area contributed by atoms with Crippen molar-refractivity contribution in [1.29, 1.82) is 0 Å². The Labute approximate surface area is 242 Å². The summed E-state index contributed by atoms with van der Waals surface area (Å²) in [5.74, 6) is -3.11. The van der Waals surface area contributed by atoms with E-state index in [1.54, 1.807) is 30.3 Å². The Morgan fingerprint density at radius 1 is 1.15 bits per heavy atom. The van der Waals surface area contributed by atoms with Crippen LogP contribution < -0.4 is 4.74 Å². The lowest BCUT2D eigenvalue weighted by atomic mass is 9.73. The molecule has 0 saturated heterocycles. The number of Topliss-reactive ketones (excluding diaryl/α,β-unsaturated/α-hetero) is 1. The number of methoxy groups -OCH3 is 1. The number of hydrogen-bond donors (Lipinski definition) is 1. The summed E-state index contributed by atoms with van der Waals surface area (Å²) in [6, 6.07) is 7.95. The molecule has 41 heavy (non-hydrogen) atoms. The average molecular weight is 561 g/mol. The minimum absolute atomic E-state index is 0.0303. The Kier molecular flexibility index (Phi) is 9.05. The molecule has 7 heteroatoms. The summed E-state index contributed by atoms with van der Waals surface area (Å²) in [5.41, 5.74) is 4.30. The minimum atomic E-state index is -1.78. The molecule has 0 fully saturated rings. The van der Waals surface area contributed by atoms with Crippen LogP contribution >= 0.6 is 0 Å². The van der Waals surface area contributed by atoms with Crippen LogP contribution in [0.1, 0.15) is 110 Å². The number of ether oxygens (including phenoxy) is 3. The predicted molar refractivity (Wildman–Crippen MR) is 156 cm³/mol. The summed E-state index contributed by atoms with van der Waals surface area (Å²) >= 11 is 0. The van der Waals surface area contributed by atoms with Gasteiger partial charge in [0.25, 0.3) is 5.79 Å². The van der Waals surface area contributed by atoms with Gasteiger partial charge in [0.15, 0.2) is 0 Å². The van der Waals surface area contributed by atoms with Crippen LogP contribution in [0.25, 0.3) is 0 Å². The third-order valence-electron chi connectivity index (χ3n) is 8.10. The van der Waals surface area contributed by atoms with E-state index in [4.69, 9.17) is 14.2 Å². The number of aromatic hydroxyl groups is 1. The van der Waals surface area contributed by atoms with Crippen molar-refractivity contribution in [3.63, 3.8) is 0 Å². The van der Waals surface area contributed by atoms with Gasteiger partial charge in [-0.25, -0.2) is 9.59 Å². The van der Waals surface area contributed by atoms with Crippen molar-refractivity contribution in [2.24, 2.45) is 5.92 Å². The maximum Gasteiger partial charge on any atom is 0.345 e. The molecular formula is C34H40O7. The zero-order chi connectivity index (χ0) is 29.9. The maximum absolute atomic E-state index is 14.0. The Balaban J connectivity index is 1.95. The monoisotopic (exact) mass is 560 g/mol. The number of carbonyl (C=O) groups excluding carboxylic acids is 3. The van der Waals surface area contributed by atoms with E-state index in [0.29, 0.717) is 28.7 Å². The number of phenolic OH excluding ortho intramolecular Hbond substituents is 1. The predicted octanol–water partition coefficient (Wildman–Crippen LogP) is 7.31. The minimum Gasteiger partial charge on any atom is -0.507 e. The number of carbonyl (C=O) groups is 3. The molecule has 1 aliphatic heterocycles. The molecule has 4 rings (SSSR count). The van der Waals surface area contributed by atoms with Gasteiger partial charge in [-0.2, -0.15) is 0 Å². The van der Waals surface area contributed by atoms with Crippen LogP contribution in [-0.4, -0.2) is 29.9 Å². The van der Waals surface area contributed by atoms with E-state index in [0.717, 1.165) is 37.7 Å². The second kappa shape index (κ2) is 12.3. The molecule has 0 aromatic heterocycles. The number of phenols is 1. The van der Waals surface area contributed by atoms with E-state index in [-0.39, 0.29) is 41.1 Å². The molecule has 1 N–H and O–H groups in total. The van der Waals surface area contributed by atoms with Crippen molar-refractivity contribution in [3.8, 4) is 11.5 Å². The molecule has 0 bridgehead atoms. The topological polar surface area (TPSA) is 99.1 Å². The number of allylic oxidation sites excluding steroid dienone is 3. The summed E-state index contributed by atoms with van der Waals surface area (Å²) in [5, 5.41) is 11.6. The van der Waals surface area contributed by atoms with E-state index in [9.17, 15) is 19.5 Å². The van der Waals surface area contributed by atoms with E-state index >= 15 is 0 Å². The first-order valence-corrected chi connectivity index (χ1v) is 14.3. The van der Waals surface area contributed by atoms with Crippen LogP contribution in [0, 0.1) is 5.92 Å². The number of ketones is 1. The molecule has 3 unspecified atom stereocenters. The van der Waals surface area contributed by atoms with Crippen LogP contribution in [0.2, 0.25) is 0 Å². The molecule has 2 aromatic rings. The summed E-state index contributed by atoms with van der Waals surface area (Å²) in [4.78, 5) is 38.6. The molecule has 0 radical (unpaired) electrons. The van der Waals surface area contributed by atoms with Gasteiger partial charge in [0.2, 0.25) is 0 Å². The normalized spacial score (nSPS) is 21.7.